The fourth-order valence-electron chi connectivity index (χ4n) is 4.20. The van der Waals surface area contributed by atoms with Gasteiger partial charge < -0.3 is 10.2 Å². The Labute approximate surface area is 189 Å². The molecule has 166 valence electrons. The van der Waals surface area contributed by atoms with Crippen LogP contribution in [0.15, 0.2) is 67.1 Å². The molecule has 3 heterocycles. The van der Waals surface area contributed by atoms with Crippen molar-refractivity contribution in [1.29, 1.82) is 0 Å². The van der Waals surface area contributed by atoms with E-state index in [2.05, 4.69) is 15.4 Å². The van der Waals surface area contributed by atoms with Crippen molar-refractivity contribution in [2.45, 2.75) is 19.4 Å². The minimum absolute atomic E-state index is 0.203. The third-order valence-electron chi connectivity index (χ3n) is 5.82. The highest BCUT2D eigenvalue weighted by atomic mass is 19.1. The molecule has 2 aromatic heterocycles. The normalized spacial score (nSPS) is 16.1. The van der Waals surface area contributed by atoms with E-state index in [9.17, 15) is 14.0 Å². The van der Waals surface area contributed by atoms with Crippen molar-refractivity contribution in [1.82, 2.24) is 24.8 Å². The fourth-order valence-corrected chi connectivity index (χ4v) is 4.20. The molecule has 1 atom stereocenters. The van der Waals surface area contributed by atoms with Crippen LogP contribution in [0.25, 0.3) is 16.8 Å². The maximum Gasteiger partial charge on any atom is 0.260 e. The highest BCUT2D eigenvalue weighted by molar-refractivity contribution is 6.02. The number of carbonyl (C=O) groups excluding carboxylic acids is 2. The van der Waals surface area contributed by atoms with Gasteiger partial charge in [0.25, 0.3) is 5.91 Å². The van der Waals surface area contributed by atoms with Crippen LogP contribution in [0, 0.1) is 12.7 Å². The number of halogens is 1. The van der Waals surface area contributed by atoms with E-state index in [4.69, 9.17) is 0 Å². The van der Waals surface area contributed by atoms with E-state index >= 15 is 0 Å². The van der Waals surface area contributed by atoms with Crippen LogP contribution in [0.1, 0.15) is 21.5 Å². The molecular formula is C25H22FN5O2. The maximum absolute atomic E-state index is 13.7. The first-order chi connectivity index (χ1) is 16.0. The van der Waals surface area contributed by atoms with Crippen LogP contribution < -0.4 is 5.32 Å². The van der Waals surface area contributed by atoms with Gasteiger partial charge in [-0.3, -0.25) is 9.59 Å². The lowest BCUT2D eigenvalue weighted by Crippen LogP contribution is -2.58. The van der Waals surface area contributed by atoms with Gasteiger partial charge in [-0.1, -0.05) is 36.4 Å². The molecule has 33 heavy (non-hydrogen) atoms. The van der Waals surface area contributed by atoms with Crippen molar-refractivity contribution in [3.8, 4) is 11.1 Å². The second kappa shape index (κ2) is 8.46. The lowest BCUT2D eigenvalue weighted by atomic mass is 9.97. The van der Waals surface area contributed by atoms with Crippen LogP contribution in [0.3, 0.4) is 0 Å². The van der Waals surface area contributed by atoms with E-state index in [-0.39, 0.29) is 17.6 Å². The lowest BCUT2D eigenvalue weighted by molar-refractivity contribution is -0.127. The van der Waals surface area contributed by atoms with Gasteiger partial charge >= 0.3 is 0 Å². The molecule has 8 heteroatoms. The predicted octanol–water partition coefficient (Wildman–Crippen LogP) is 3.03. The second-order valence-electron chi connectivity index (χ2n) is 8.18. The van der Waals surface area contributed by atoms with Gasteiger partial charge in [0.1, 0.15) is 17.4 Å². The Morgan fingerprint density at radius 2 is 1.94 bits per heavy atom. The van der Waals surface area contributed by atoms with Crippen LogP contribution in [-0.2, 0) is 11.2 Å². The number of nitrogens with one attached hydrogen (secondary N) is 1. The summed E-state index contributed by atoms with van der Waals surface area (Å²) in [6.07, 6.45) is 5.33. The summed E-state index contributed by atoms with van der Waals surface area (Å²) >= 11 is 0. The van der Waals surface area contributed by atoms with E-state index < -0.39 is 6.04 Å². The molecule has 1 aliphatic rings. The molecule has 0 radical (unpaired) electrons. The molecule has 0 aliphatic carbocycles. The molecule has 1 N–H and O–H groups in total. The van der Waals surface area contributed by atoms with Gasteiger partial charge in [0.05, 0.1) is 6.20 Å². The van der Waals surface area contributed by atoms with Crippen LogP contribution in [0.2, 0.25) is 0 Å². The third kappa shape index (κ3) is 4.07. The van der Waals surface area contributed by atoms with Crippen molar-refractivity contribution < 1.29 is 14.0 Å². The summed E-state index contributed by atoms with van der Waals surface area (Å²) in [5.41, 5.74) is 4.24. The number of aromatic nitrogens is 3. The summed E-state index contributed by atoms with van der Waals surface area (Å²) in [5, 5.41) is 7.11. The number of fused-ring (bicyclic) bond motifs is 1. The largest absolute Gasteiger partial charge is 0.353 e. The molecule has 1 aliphatic heterocycles. The first kappa shape index (κ1) is 20.8. The molecule has 0 spiro atoms. The number of aryl methyl sites for hydroxylation is 1. The average molecular weight is 443 g/mol. The Kier molecular flexibility index (Phi) is 5.34. The first-order valence-corrected chi connectivity index (χ1v) is 10.7. The summed E-state index contributed by atoms with van der Waals surface area (Å²) in [6, 6.07) is 13.3. The smallest absolute Gasteiger partial charge is 0.260 e. The number of piperazine rings is 1. The van der Waals surface area contributed by atoms with E-state index in [0.717, 1.165) is 22.3 Å². The first-order valence-electron chi connectivity index (χ1n) is 10.7. The van der Waals surface area contributed by atoms with E-state index in [1.165, 1.54) is 18.3 Å². The Balaban J connectivity index is 1.44. The quantitative estimate of drug-likeness (QED) is 0.526. The second-order valence-corrected chi connectivity index (χ2v) is 8.18. The van der Waals surface area contributed by atoms with Crippen LogP contribution >= 0.6 is 0 Å². The number of benzene rings is 2. The molecule has 4 aromatic rings. The molecule has 0 saturated carbocycles. The van der Waals surface area contributed by atoms with Crippen LogP contribution in [-0.4, -0.2) is 50.4 Å². The number of amides is 2. The van der Waals surface area contributed by atoms with Gasteiger partial charge in [-0.2, -0.15) is 5.10 Å². The molecule has 0 bridgehead atoms. The molecule has 7 nitrogen and oxygen atoms in total. The van der Waals surface area contributed by atoms with Gasteiger partial charge in [-0.05, 0) is 41.3 Å². The highest BCUT2D eigenvalue weighted by Gasteiger charge is 2.35. The topological polar surface area (TPSA) is 79.6 Å². The summed E-state index contributed by atoms with van der Waals surface area (Å²) < 4.78 is 15.2. The lowest BCUT2D eigenvalue weighted by Gasteiger charge is -2.35. The molecular weight excluding hydrogens is 421 g/mol. The number of carbonyl (C=O) groups is 2. The zero-order valence-electron chi connectivity index (χ0n) is 18.0. The Bertz CT molecular complexity index is 1370. The van der Waals surface area contributed by atoms with Gasteiger partial charge in [0.15, 0.2) is 5.65 Å². The van der Waals surface area contributed by atoms with Gasteiger partial charge in [-0.25, -0.2) is 13.9 Å². The number of rotatable bonds is 4. The maximum atomic E-state index is 13.7. The Morgan fingerprint density at radius 1 is 1.15 bits per heavy atom. The zero-order chi connectivity index (χ0) is 22.9. The molecule has 1 fully saturated rings. The van der Waals surface area contributed by atoms with E-state index in [1.54, 1.807) is 27.9 Å². The summed E-state index contributed by atoms with van der Waals surface area (Å²) in [4.78, 5) is 32.2. The van der Waals surface area contributed by atoms with Crippen LogP contribution in [0.4, 0.5) is 4.39 Å². The minimum Gasteiger partial charge on any atom is -0.353 e. The highest BCUT2D eigenvalue weighted by Crippen LogP contribution is 2.24. The zero-order valence-corrected chi connectivity index (χ0v) is 18.0. The third-order valence-corrected chi connectivity index (χ3v) is 5.82. The van der Waals surface area contributed by atoms with Crippen molar-refractivity contribution >= 4 is 17.5 Å². The number of hydrogen-bond donors (Lipinski definition) is 1. The SMILES string of the molecule is Cc1cnc2c(C(=O)N3CCNC(=O)[C@@H]3Cc3cccc(-c4cccc(F)c4)c3)cnn2c1. The number of hydrogen-bond acceptors (Lipinski definition) is 4. The van der Waals surface area contributed by atoms with Crippen molar-refractivity contribution in [2.24, 2.45) is 0 Å². The van der Waals surface area contributed by atoms with Gasteiger partial charge in [0.2, 0.25) is 5.91 Å². The van der Waals surface area contributed by atoms with Crippen molar-refractivity contribution in [2.75, 3.05) is 13.1 Å². The van der Waals surface area contributed by atoms with E-state index in [0.29, 0.717) is 30.7 Å². The molecule has 2 amide bonds. The van der Waals surface area contributed by atoms with Gasteiger partial charge in [-0.15, -0.1) is 0 Å². The Morgan fingerprint density at radius 3 is 2.76 bits per heavy atom. The molecule has 0 unspecified atom stereocenters. The predicted molar refractivity (Wildman–Crippen MR) is 121 cm³/mol. The molecule has 2 aromatic carbocycles. The molecule has 1 saturated heterocycles. The minimum atomic E-state index is -0.672. The van der Waals surface area contributed by atoms with Crippen molar-refractivity contribution in [3.05, 3.63) is 89.6 Å². The van der Waals surface area contributed by atoms with Crippen molar-refractivity contribution in [3.63, 3.8) is 0 Å². The average Bonchev–Trinajstić information content (AvgIpc) is 3.23. The summed E-state index contributed by atoms with van der Waals surface area (Å²) in [5.74, 6) is -0.785. The standard InChI is InChI=1S/C25H22FN5O2/c1-16-13-28-23-21(14-29-31(23)15-16)25(33)30-9-8-27-24(32)22(30)11-17-4-2-5-18(10-17)19-6-3-7-20(26)12-19/h2-7,10,12-15,22H,8-9,11H2,1H3,(H,27,32)/t22-/m0/s1. The summed E-state index contributed by atoms with van der Waals surface area (Å²) in [6.45, 7) is 2.68. The monoisotopic (exact) mass is 443 g/mol. The van der Waals surface area contributed by atoms with Gasteiger partial charge in [0, 0.05) is 31.9 Å². The van der Waals surface area contributed by atoms with E-state index in [1.807, 2.05) is 37.3 Å². The fraction of sp³-hybridized carbons (Fsp3) is 0.200. The number of nitrogens with zero attached hydrogens (tertiary/aromatic N) is 4. The Hall–Kier alpha value is -4.07. The summed E-state index contributed by atoms with van der Waals surface area (Å²) in [7, 11) is 0. The molecule has 5 rings (SSSR count). The van der Waals surface area contributed by atoms with Crippen LogP contribution in [0.5, 0.6) is 0 Å².